The van der Waals surface area contributed by atoms with E-state index in [0.717, 1.165) is 22.5 Å². The molecule has 0 aliphatic carbocycles. The SMILES string of the molecule is Cc1cc(C(=O)CSc2nnc(-c3ccco3)n2Cc2ccccc2)c(C)[nH]1. The second-order valence-electron chi connectivity index (χ2n) is 6.56. The maximum Gasteiger partial charge on any atom is 0.200 e. The highest BCUT2D eigenvalue weighted by molar-refractivity contribution is 7.99. The average molecular weight is 392 g/mol. The van der Waals surface area contributed by atoms with Gasteiger partial charge in [-0.05, 0) is 37.6 Å². The van der Waals surface area contributed by atoms with E-state index in [-0.39, 0.29) is 5.78 Å². The van der Waals surface area contributed by atoms with Crippen molar-refractivity contribution in [3.63, 3.8) is 0 Å². The zero-order chi connectivity index (χ0) is 19.5. The Morgan fingerprint density at radius 2 is 1.96 bits per heavy atom. The van der Waals surface area contributed by atoms with Gasteiger partial charge >= 0.3 is 0 Å². The van der Waals surface area contributed by atoms with Crippen molar-refractivity contribution < 1.29 is 9.21 Å². The van der Waals surface area contributed by atoms with E-state index in [0.29, 0.717) is 29.0 Å². The van der Waals surface area contributed by atoms with Crippen molar-refractivity contribution in [2.45, 2.75) is 25.5 Å². The lowest BCUT2D eigenvalue weighted by molar-refractivity contribution is 0.102. The van der Waals surface area contributed by atoms with Gasteiger partial charge in [-0.25, -0.2) is 0 Å². The number of hydrogen-bond acceptors (Lipinski definition) is 5. The molecule has 0 amide bonds. The Labute approximate surface area is 167 Å². The second-order valence-corrected chi connectivity index (χ2v) is 7.50. The summed E-state index contributed by atoms with van der Waals surface area (Å²) >= 11 is 1.39. The molecule has 1 aromatic carbocycles. The molecule has 0 saturated heterocycles. The smallest absolute Gasteiger partial charge is 0.200 e. The van der Waals surface area contributed by atoms with Crippen LogP contribution >= 0.6 is 11.8 Å². The topological polar surface area (TPSA) is 76.7 Å². The van der Waals surface area contributed by atoms with Crippen LogP contribution in [0.3, 0.4) is 0 Å². The molecule has 3 heterocycles. The van der Waals surface area contributed by atoms with Crippen molar-refractivity contribution in [2.75, 3.05) is 5.75 Å². The number of carbonyl (C=O) groups excluding carboxylic acids is 1. The number of ketones is 1. The van der Waals surface area contributed by atoms with Crippen molar-refractivity contribution in [3.8, 4) is 11.6 Å². The molecule has 4 aromatic rings. The van der Waals surface area contributed by atoms with Crippen molar-refractivity contribution in [1.29, 1.82) is 0 Å². The number of aromatic amines is 1. The minimum atomic E-state index is 0.0701. The van der Waals surface area contributed by atoms with Crippen molar-refractivity contribution in [3.05, 3.63) is 77.3 Å². The Bertz CT molecular complexity index is 1080. The molecule has 0 saturated carbocycles. The molecule has 6 nitrogen and oxygen atoms in total. The van der Waals surface area contributed by atoms with Crippen LogP contribution in [0.1, 0.15) is 27.3 Å². The highest BCUT2D eigenvalue weighted by Gasteiger charge is 2.19. The van der Waals surface area contributed by atoms with Gasteiger partial charge in [-0.3, -0.25) is 9.36 Å². The van der Waals surface area contributed by atoms with Crippen LogP contribution in [-0.2, 0) is 6.54 Å². The Hall–Kier alpha value is -3.06. The third kappa shape index (κ3) is 3.80. The molecule has 142 valence electrons. The van der Waals surface area contributed by atoms with E-state index >= 15 is 0 Å². The van der Waals surface area contributed by atoms with Gasteiger partial charge in [-0.1, -0.05) is 42.1 Å². The lowest BCUT2D eigenvalue weighted by Gasteiger charge is -2.09. The zero-order valence-corrected chi connectivity index (χ0v) is 16.5. The van der Waals surface area contributed by atoms with Gasteiger partial charge in [0.2, 0.25) is 5.82 Å². The van der Waals surface area contributed by atoms with Crippen LogP contribution in [0.25, 0.3) is 11.6 Å². The average Bonchev–Trinajstić information content (AvgIpc) is 3.41. The molecule has 0 spiro atoms. The van der Waals surface area contributed by atoms with E-state index in [1.165, 1.54) is 11.8 Å². The maximum atomic E-state index is 12.6. The van der Waals surface area contributed by atoms with Crippen molar-refractivity contribution in [2.24, 2.45) is 0 Å². The number of aromatic nitrogens is 4. The number of furan rings is 1. The molecule has 3 aromatic heterocycles. The molecule has 0 bridgehead atoms. The fourth-order valence-corrected chi connectivity index (χ4v) is 3.93. The number of carbonyl (C=O) groups is 1. The van der Waals surface area contributed by atoms with E-state index in [4.69, 9.17) is 4.42 Å². The number of hydrogen-bond donors (Lipinski definition) is 1. The fraction of sp³-hybridized carbons (Fsp3) is 0.190. The Morgan fingerprint density at radius 3 is 2.64 bits per heavy atom. The Kier molecular flexibility index (Phi) is 5.16. The largest absolute Gasteiger partial charge is 0.461 e. The van der Waals surface area contributed by atoms with E-state index in [1.54, 1.807) is 6.26 Å². The summed E-state index contributed by atoms with van der Waals surface area (Å²) in [6, 6.07) is 15.7. The minimum absolute atomic E-state index is 0.0701. The van der Waals surface area contributed by atoms with Gasteiger partial charge in [0.15, 0.2) is 16.7 Å². The van der Waals surface area contributed by atoms with Crippen LogP contribution in [0.5, 0.6) is 0 Å². The summed E-state index contributed by atoms with van der Waals surface area (Å²) in [4.78, 5) is 15.8. The molecule has 7 heteroatoms. The number of H-pyrrole nitrogens is 1. The first kappa shape index (κ1) is 18.3. The highest BCUT2D eigenvalue weighted by atomic mass is 32.2. The number of benzene rings is 1. The van der Waals surface area contributed by atoms with Crippen LogP contribution < -0.4 is 0 Å². The molecular weight excluding hydrogens is 372 g/mol. The first-order valence-electron chi connectivity index (χ1n) is 8.95. The summed E-state index contributed by atoms with van der Waals surface area (Å²) in [7, 11) is 0. The van der Waals surface area contributed by atoms with Gasteiger partial charge in [-0.15, -0.1) is 10.2 Å². The predicted molar refractivity (Wildman–Crippen MR) is 109 cm³/mol. The third-order valence-electron chi connectivity index (χ3n) is 4.42. The number of rotatable bonds is 7. The zero-order valence-electron chi connectivity index (χ0n) is 15.7. The normalized spacial score (nSPS) is 11.1. The fourth-order valence-electron chi connectivity index (χ4n) is 3.11. The quantitative estimate of drug-likeness (QED) is 0.370. The summed E-state index contributed by atoms with van der Waals surface area (Å²) < 4.78 is 7.51. The van der Waals surface area contributed by atoms with Crippen LogP contribution in [0.4, 0.5) is 0 Å². The third-order valence-corrected chi connectivity index (χ3v) is 5.39. The summed E-state index contributed by atoms with van der Waals surface area (Å²) in [5, 5.41) is 9.31. The number of nitrogens with zero attached hydrogens (tertiary/aromatic N) is 3. The highest BCUT2D eigenvalue weighted by Crippen LogP contribution is 2.26. The molecule has 0 radical (unpaired) electrons. The molecule has 0 aliphatic heterocycles. The van der Waals surface area contributed by atoms with E-state index in [9.17, 15) is 4.79 Å². The van der Waals surface area contributed by atoms with Crippen LogP contribution in [0.2, 0.25) is 0 Å². The molecule has 28 heavy (non-hydrogen) atoms. The molecule has 0 fully saturated rings. The summed E-state index contributed by atoms with van der Waals surface area (Å²) in [6.07, 6.45) is 1.62. The molecule has 0 atom stereocenters. The van der Waals surface area contributed by atoms with Gasteiger partial charge in [0.05, 0.1) is 18.6 Å². The van der Waals surface area contributed by atoms with Crippen molar-refractivity contribution >= 4 is 17.5 Å². The second kappa shape index (κ2) is 7.90. The Balaban J connectivity index is 1.59. The van der Waals surface area contributed by atoms with Gasteiger partial charge in [0, 0.05) is 17.0 Å². The first-order valence-corrected chi connectivity index (χ1v) is 9.93. The van der Waals surface area contributed by atoms with Gasteiger partial charge < -0.3 is 9.40 Å². The van der Waals surface area contributed by atoms with E-state index in [1.807, 2.05) is 54.8 Å². The number of aryl methyl sites for hydroxylation is 2. The van der Waals surface area contributed by atoms with E-state index in [2.05, 4.69) is 27.3 Å². The van der Waals surface area contributed by atoms with Crippen LogP contribution in [-0.4, -0.2) is 31.3 Å². The molecule has 0 aliphatic rings. The number of Topliss-reactive ketones (excluding diaryl/α,β-unsaturated/α-hetero) is 1. The summed E-state index contributed by atoms with van der Waals surface area (Å²) in [5.74, 6) is 1.67. The van der Waals surface area contributed by atoms with Crippen LogP contribution in [0, 0.1) is 13.8 Å². The summed E-state index contributed by atoms with van der Waals surface area (Å²) in [6.45, 7) is 4.46. The number of thioether (sulfide) groups is 1. The molecule has 4 rings (SSSR count). The lowest BCUT2D eigenvalue weighted by atomic mass is 10.2. The van der Waals surface area contributed by atoms with Crippen molar-refractivity contribution in [1.82, 2.24) is 19.7 Å². The van der Waals surface area contributed by atoms with Gasteiger partial charge in [0.25, 0.3) is 0 Å². The standard InChI is InChI=1S/C21H20N4O2S/c1-14-11-17(15(2)22-14)18(26)13-28-21-24-23-20(19-9-6-10-27-19)25(21)12-16-7-4-3-5-8-16/h3-11,22H,12-13H2,1-2H3. The van der Waals surface area contributed by atoms with E-state index < -0.39 is 0 Å². The lowest BCUT2D eigenvalue weighted by Crippen LogP contribution is -2.07. The number of nitrogens with one attached hydrogen (secondary N) is 1. The molecular formula is C21H20N4O2S. The van der Waals surface area contributed by atoms with Gasteiger partial charge in [-0.2, -0.15) is 0 Å². The monoisotopic (exact) mass is 392 g/mol. The molecule has 1 N–H and O–H groups in total. The summed E-state index contributed by atoms with van der Waals surface area (Å²) in [5.41, 5.74) is 3.73. The maximum absolute atomic E-state index is 12.6. The predicted octanol–water partition coefficient (Wildman–Crippen LogP) is 4.51. The molecule has 0 unspecified atom stereocenters. The Morgan fingerprint density at radius 1 is 1.14 bits per heavy atom. The minimum Gasteiger partial charge on any atom is -0.461 e. The first-order chi connectivity index (χ1) is 13.6. The van der Waals surface area contributed by atoms with Crippen LogP contribution in [0.15, 0.2) is 64.4 Å². The van der Waals surface area contributed by atoms with Gasteiger partial charge in [0.1, 0.15) is 0 Å².